The molecule has 4 rings (SSSR count). The second-order valence-corrected chi connectivity index (χ2v) is 6.82. The van der Waals surface area contributed by atoms with Gasteiger partial charge >= 0.3 is 0 Å². The van der Waals surface area contributed by atoms with E-state index >= 15 is 0 Å². The second kappa shape index (κ2) is 6.15. The molecule has 0 radical (unpaired) electrons. The average molecular weight is 336 g/mol. The quantitative estimate of drug-likeness (QED) is 0.443. The second-order valence-electron chi connectivity index (χ2n) is 5.30. The first-order chi connectivity index (χ1) is 11.3. The predicted molar refractivity (Wildman–Crippen MR) is 99.3 cm³/mol. The van der Waals surface area contributed by atoms with Gasteiger partial charge in [0, 0.05) is 25.7 Å². The van der Waals surface area contributed by atoms with Gasteiger partial charge in [-0.05, 0) is 35.9 Å². The average Bonchev–Trinajstić information content (AvgIpc) is 2.96. The molecule has 1 nitrogen and oxygen atoms in total. The molecule has 1 heterocycles. The summed E-state index contributed by atoms with van der Waals surface area (Å²) in [4.78, 5) is 5.99. The van der Waals surface area contributed by atoms with Crippen LogP contribution in [0.4, 0.5) is 0 Å². The van der Waals surface area contributed by atoms with Gasteiger partial charge in [-0.25, -0.2) is 0 Å². The first-order valence-electron chi connectivity index (χ1n) is 7.41. The highest BCUT2D eigenvalue weighted by molar-refractivity contribution is 7.99. The van der Waals surface area contributed by atoms with Crippen molar-refractivity contribution in [2.24, 2.45) is 0 Å². The summed E-state index contributed by atoms with van der Waals surface area (Å²) in [6.45, 7) is 0. The van der Waals surface area contributed by atoms with Crippen LogP contribution in [-0.4, -0.2) is 4.98 Å². The van der Waals surface area contributed by atoms with E-state index < -0.39 is 0 Å². The van der Waals surface area contributed by atoms with Gasteiger partial charge in [-0.1, -0.05) is 71.9 Å². The van der Waals surface area contributed by atoms with E-state index in [2.05, 4.69) is 65.6 Å². The van der Waals surface area contributed by atoms with Crippen LogP contribution >= 0.6 is 23.4 Å². The van der Waals surface area contributed by atoms with Crippen molar-refractivity contribution in [1.82, 2.24) is 4.98 Å². The fourth-order valence-corrected chi connectivity index (χ4v) is 3.84. The topological polar surface area (TPSA) is 15.8 Å². The number of fused-ring (bicyclic) bond motifs is 1. The van der Waals surface area contributed by atoms with Gasteiger partial charge in [0.05, 0.1) is 5.69 Å². The standard InChI is InChI=1S/C20H14ClNS/c21-15-10-12-16(13-11-15)23-20-17-8-4-5-9-18(17)22-19(20)14-6-2-1-3-7-14/h1-13,22H. The Hall–Kier alpha value is -2.16. The summed E-state index contributed by atoms with van der Waals surface area (Å²) < 4.78 is 0. The zero-order valence-electron chi connectivity index (χ0n) is 12.3. The highest BCUT2D eigenvalue weighted by atomic mass is 35.5. The van der Waals surface area contributed by atoms with Gasteiger partial charge in [0.15, 0.2) is 0 Å². The lowest BCUT2D eigenvalue weighted by Crippen LogP contribution is -1.80. The summed E-state index contributed by atoms with van der Waals surface area (Å²) in [5, 5.41) is 2.00. The van der Waals surface area contributed by atoms with Crippen LogP contribution < -0.4 is 0 Å². The third-order valence-electron chi connectivity index (χ3n) is 3.75. The molecular formula is C20H14ClNS. The molecule has 0 aliphatic heterocycles. The molecular weight excluding hydrogens is 322 g/mol. The van der Waals surface area contributed by atoms with Crippen molar-refractivity contribution in [3.05, 3.63) is 83.9 Å². The molecule has 0 saturated heterocycles. The monoisotopic (exact) mass is 335 g/mol. The number of para-hydroxylation sites is 1. The SMILES string of the molecule is Clc1ccc(Sc2c(-c3ccccc3)[nH]c3ccccc23)cc1. The Labute approximate surface area is 144 Å². The van der Waals surface area contributed by atoms with Crippen LogP contribution in [0, 0.1) is 0 Å². The molecule has 1 aromatic heterocycles. The molecule has 0 atom stereocenters. The van der Waals surface area contributed by atoms with Gasteiger partial charge in [0.2, 0.25) is 0 Å². The van der Waals surface area contributed by atoms with E-state index in [1.165, 1.54) is 20.7 Å². The Balaban J connectivity index is 1.87. The number of benzene rings is 3. The van der Waals surface area contributed by atoms with Gasteiger partial charge in [0.1, 0.15) is 0 Å². The fourth-order valence-electron chi connectivity index (χ4n) is 2.65. The first-order valence-corrected chi connectivity index (χ1v) is 8.60. The van der Waals surface area contributed by atoms with Crippen LogP contribution in [0.1, 0.15) is 0 Å². The number of nitrogens with one attached hydrogen (secondary N) is 1. The molecule has 3 aromatic carbocycles. The molecule has 0 saturated carbocycles. The Kier molecular flexibility index (Phi) is 3.86. The normalized spacial score (nSPS) is 11.0. The van der Waals surface area contributed by atoms with Crippen molar-refractivity contribution in [3.63, 3.8) is 0 Å². The van der Waals surface area contributed by atoms with Crippen LogP contribution in [0.3, 0.4) is 0 Å². The van der Waals surface area contributed by atoms with E-state index in [1.54, 1.807) is 11.8 Å². The van der Waals surface area contributed by atoms with Gasteiger partial charge in [0.25, 0.3) is 0 Å². The zero-order valence-corrected chi connectivity index (χ0v) is 13.9. The van der Waals surface area contributed by atoms with Crippen molar-refractivity contribution in [2.75, 3.05) is 0 Å². The maximum absolute atomic E-state index is 6.00. The first kappa shape index (κ1) is 14.4. The maximum atomic E-state index is 6.00. The molecule has 0 aliphatic carbocycles. The van der Waals surface area contributed by atoms with Crippen molar-refractivity contribution < 1.29 is 0 Å². The molecule has 1 N–H and O–H groups in total. The Bertz CT molecular complexity index is 942. The number of rotatable bonds is 3. The Morgan fingerprint density at radius 1 is 0.739 bits per heavy atom. The predicted octanol–water partition coefficient (Wildman–Crippen LogP) is 6.64. The molecule has 0 amide bonds. The van der Waals surface area contributed by atoms with Crippen molar-refractivity contribution >= 4 is 34.3 Å². The lowest BCUT2D eigenvalue weighted by molar-refractivity contribution is 1.38. The third-order valence-corrected chi connectivity index (χ3v) is 5.14. The van der Waals surface area contributed by atoms with Crippen molar-refractivity contribution in [3.8, 4) is 11.3 Å². The summed E-state index contributed by atoms with van der Waals surface area (Å²) in [7, 11) is 0. The summed E-state index contributed by atoms with van der Waals surface area (Å²) in [5.74, 6) is 0. The number of H-pyrrole nitrogens is 1. The zero-order chi connectivity index (χ0) is 15.6. The van der Waals surface area contributed by atoms with E-state index in [0.29, 0.717) is 0 Å². The molecule has 0 bridgehead atoms. The van der Waals surface area contributed by atoms with E-state index in [9.17, 15) is 0 Å². The van der Waals surface area contributed by atoms with E-state index in [4.69, 9.17) is 11.6 Å². The number of aromatic amines is 1. The van der Waals surface area contributed by atoms with Gasteiger partial charge in [-0.3, -0.25) is 0 Å². The molecule has 23 heavy (non-hydrogen) atoms. The van der Waals surface area contributed by atoms with Crippen LogP contribution in [0.25, 0.3) is 22.2 Å². The summed E-state index contributed by atoms with van der Waals surface area (Å²) in [6.07, 6.45) is 0. The molecule has 0 spiro atoms. The van der Waals surface area contributed by atoms with Crippen LogP contribution in [0.2, 0.25) is 5.02 Å². The third kappa shape index (κ3) is 2.88. The van der Waals surface area contributed by atoms with E-state index in [0.717, 1.165) is 16.2 Å². The van der Waals surface area contributed by atoms with Gasteiger partial charge < -0.3 is 4.98 Å². The fraction of sp³-hybridized carbons (Fsp3) is 0. The number of hydrogen-bond acceptors (Lipinski definition) is 1. The number of aromatic nitrogens is 1. The maximum Gasteiger partial charge on any atom is 0.0606 e. The van der Waals surface area contributed by atoms with E-state index in [1.807, 2.05) is 18.2 Å². The van der Waals surface area contributed by atoms with Crippen LogP contribution in [-0.2, 0) is 0 Å². The smallest absolute Gasteiger partial charge is 0.0606 e. The largest absolute Gasteiger partial charge is 0.354 e. The van der Waals surface area contributed by atoms with Crippen molar-refractivity contribution in [2.45, 2.75) is 9.79 Å². The lowest BCUT2D eigenvalue weighted by Gasteiger charge is -2.05. The molecule has 0 aliphatic rings. The Morgan fingerprint density at radius 3 is 2.22 bits per heavy atom. The van der Waals surface area contributed by atoms with Gasteiger partial charge in [-0.2, -0.15) is 0 Å². The lowest BCUT2D eigenvalue weighted by atomic mass is 10.1. The molecule has 112 valence electrons. The van der Waals surface area contributed by atoms with Crippen LogP contribution in [0.15, 0.2) is 88.7 Å². The summed E-state index contributed by atoms with van der Waals surface area (Å²) in [6, 6.07) is 26.8. The molecule has 0 unspecified atom stereocenters. The molecule has 0 fully saturated rings. The highest BCUT2D eigenvalue weighted by Crippen LogP contribution is 2.41. The van der Waals surface area contributed by atoms with Crippen LogP contribution in [0.5, 0.6) is 0 Å². The molecule has 4 aromatic rings. The summed E-state index contributed by atoms with van der Waals surface area (Å²) >= 11 is 7.76. The highest BCUT2D eigenvalue weighted by Gasteiger charge is 2.14. The minimum absolute atomic E-state index is 0.761. The van der Waals surface area contributed by atoms with E-state index in [-0.39, 0.29) is 0 Å². The molecule has 3 heteroatoms. The number of halogens is 1. The summed E-state index contributed by atoms with van der Waals surface area (Å²) in [5.41, 5.74) is 3.51. The minimum Gasteiger partial charge on any atom is -0.354 e. The van der Waals surface area contributed by atoms with Gasteiger partial charge in [-0.15, -0.1) is 0 Å². The minimum atomic E-state index is 0.761. The Morgan fingerprint density at radius 2 is 1.43 bits per heavy atom. The van der Waals surface area contributed by atoms with Crippen molar-refractivity contribution in [1.29, 1.82) is 0 Å². The number of hydrogen-bond donors (Lipinski definition) is 1.